The van der Waals surface area contributed by atoms with Gasteiger partial charge < -0.3 is 0 Å². The third-order valence-corrected chi connectivity index (χ3v) is 2.45. The monoisotopic (exact) mass is 254 g/mol. The highest BCUT2D eigenvalue weighted by atomic mass is 19.2. The molecule has 0 bridgehead atoms. The van der Waals surface area contributed by atoms with Crippen LogP contribution in [0.1, 0.15) is 10.4 Å². The fraction of sp³-hybridized carbons (Fsp3) is 0. The summed E-state index contributed by atoms with van der Waals surface area (Å²) in [5, 5.41) is 0. The number of rotatable bonds is 2. The third kappa shape index (κ3) is 1.99. The number of benzene rings is 2. The van der Waals surface area contributed by atoms with Crippen molar-refractivity contribution in [2.75, 3.05) is 0 Å². The summed E-state index contributed by atoms with van der Waals surface area (Å²) >= 11 is 0. The fourth-order valence-electron chi connectivity index (χ4n) is 1.55. The van der Waals surface area contributed by atoms with Gasteiger partial charge in [0.05, 0.1) is 5.56 Å². The maximum Gasteiger partial charge on any atom is 0.169 e. The Morgan fingerprint density at radius 2 is 1.33 bits per heavy atom. The van der Waals surface area contributed by atoms with Crippen molar-refractivity contribution in [2.24, 2.45) is 0 Å². The van der Waals surface area contributed by atoms with Crippen molar-refractivity contribution in [3.05, 3.63) is 59.2 Å². The van der Waals surface area contributed by atoms with Gasteiger partial charge in [-0.3, -0.25) is 4.79 Å². The first-order valence-electron chi connectivity index (χ1n) is 4.93. The van der Waals surface area contributed by atoms with E-state index in [1.807, 2.05) is 0 Å². The van der Waals surface area contributed by atoms with Crippen LogP contribution in [0, 0.1) is 23.3 Å². The zero-order valence-electron chi connectivity index (χ0n) is 8.88. The van der Waals surface area contributed by atoms with E-state index in [0.29, 0.717) is 6.29 Å². The molecule has 0 aromatic heterocycles. The molecule has 0 unspecified atom stereocenters. The number of carbonyl (C=O) groups excluding carboxylic acids is 1. The van der Waals surface area contributed by atoms with Gasteiger partial charge in [0.15, 0.2) is 23.3 Å². The van der Waals surface area contributed by atoms with Crippen molar-refractivity contribution in [1.29, 1.82) is 0 Å². The second kappa shape index (κ2) is 4.60. The second-order valence-corrected chi connectivity index (χ2v) is 3.58. The standard InChI is InChI=1S/C13H6F4O/c14-9-5-10(15)13(17)11(12(9)16)8-3-1-7(6-18)2-4-8/h1-6H. The molecule has 0 atom stereocenters. The topological polar surface area (TPSA) is 17.1 Å². The van der Waals surface area contributed by atoms with Gasteiger partial charge in [-0.25, -0.2) is 17.6 Å². The van der Waals surface area contributed by atoms with E-state index < -0.39 is 28.8 Å². The van der Waals surface area contributed by atoms with Gasteiger partial charge in [-0.05, 0) is 5.56 Å². The van der Waals surface area contributed by atoms with E-state index in [-0.39, 0.29) is 17.2 Å². The number of halogens is 4. The minimum absolute atomic E-state index is 0.0472. The normalized spacial score (nSPS) is 10.4. The highest BCUT2D eigenvalue weighted by Crippen LogP contribution is 2.29. The van der Waals surface area contributed by atoms with Crippen molar-refractivity contribution in [3.63, 3.8) is 0 Å². The maximum atomic E-state index is 13.5. The molecule has 0 heterocycles. The fourth-order valence-corrected chi connectivity index (χ4v) is 1.55. The molecular formula is C13H6F4O. The molecule has 0 amide bonds. The largest absolute Gasteiger partial charge is 0.298 e. The van der Waals surface area contributed by atoms with Crippen LogP contribution in [-0.4, -0.2) is 6.29 Å². The zero-order chi connectivity index (χ0) is 13.3. The molecule has 2 aromatic rings. The lowest BCUT2D eigenvalue weighted by Gasteiger charge is -2.07. The van der Waals surface area contributed by atoms with E-state index in [0.717, 1.165) is 0 Å². The first-order valence-corrected chi connectivity index (χ1v) is 4.93. The second-order valence-electron chi connectivity index (χ2n) is 3.58. The molecule has 0 spiro atoms. The molecule has 1 nitrogen and oxygen atoms in total. The van der Waals surface area contributed by atoms with E-state index in [9.17, 15) is 22.4 Å². The highest BCUT2D eigenvalue weighted by Gasteiger charge is 2.20. The summed E-state index contributed by atoms with van der Waals surface area (Å²) in [5.74, 6) is -5.87. The van der Waals surface area contributed by atoms with Crippen LogP contribution in [0.4, 0.5) is 17.6 Å². The zero-order valence-corrected chi connectivity index (χ0v) is 8.88. The molecule has 0 saturated carbocycles. The summed E-state index contributed by atoms with van der Waals surface area (Å²) in [4.78, 5) is 10.4. The first-order chi connectivity index (χ1) is 8.54. The average molecular weight is 254 g/mol. The van der Waals surface area contributed by atoms with Crippen LogP contribution in [-0.2, 0) is 0 Å². The lowest BCUT2D eigenvalue weighted by Crippen LogP contribution is -1.98. The summed E-state index contributed by atoms with van der Waals surface area (Å²) < 4.78 is 52.9. The Labute approximate surface area is 99.7 Å². The van der Waals surface area contributed by atoms with Gasteiger partial charge in [-0.15, -0.1) is 0 Å². The Bertz CT molecular complexity index is 579. The summed E-state index contributed by atoms with van der Waals surface area (Å²) in [5.41, 5.74) is -0.546. The lowest BCUT2D eigenvalue weighted by molar-refractivity contribution is 0.112. The lowest BCUT2D eigenvalue weighted by atomic mass is 10.0. The van der Waals surface area contributed by atoms with E-state index in [2.05, 4.69) is 0 Å². The van der Waals surface area contributed by atoms with Gasteiger partial charge >= 0.3 is 0 Å². The van der Waals surface area contributed by atoms with Gasteiger partial charge in [0.1, 0.15) is 6.29 Å². The quantitative estimate of drug-likeness (QED) is 0.453. The van der Waals surface area contributed by atoms with Gasteiger partial charge in [-0.1, -0.05) is 24.3 Å². The predicted molar refractivity (Wildman–Crippen MR) is 57.1 cm³/mol. The van der Waals surface area contributed by atoms with E-state index in [1.165, 1.54) is 24.3 Å². The Balaban J connectivity index is 2.65. The molecule has 2 rings (SSSR count). The molecule has 0 saturated heterocycles. The number of aldehydes is 1. The van der Waals surface area contributed by atoms with Crippen molar-refractivity contribution in [2.45, 2.75) is 0 Å². The van der Waals surface area contributed by atoms with Crippen LogP contribution in [0.3, 0.4) is 0 Å². The van der Waals surface area contributed by atoms with E-state index in [4.69, 9.17) is 0 Å². The smallest absolute Gasteiger partial charge is 0.169 e. The Morgan fingerprint density at radius 3 is 1.78 bits per heavy atom. The van der Waals surface area contributed by atoms with E-state index in [1.54, 1.807) is 0 Å². The summed E-state index contributed by atoms with van der Waals surface area (Å²) in [6, 6.07) is 5.16. The van der Waals surface area contributed by atoms with Gasteiger partial charge in [-0.2, -0.15) is 0 Å². The van der Waals surface area contributed by atoms with Crippen LogP contribution in [0.25, 0.3) is 11.1 Å². The maximum absolute atomic E-state index is 13.5. The molecule has 5 heteroatoms. The van der Waals surface area contributed by atoms with Gasteiger partial charge in [0.2, 0.25) is 0 Å². The van der Waals surface area contributed by atoms with Crippen LogP contribution in [0.15, 0.2) is 30.3 Å². The molecule has 0 aliphatic carbocycles. The summed E-state index contributed by atoms with van der Waals surface area (Å²) in [6.45, 7) is 0. The minimum Gasteiger partial charge on any atom is -0.298 e. The Morgan fingerprint density at radius 1 is 0.833 bits per heavy atom. The number of carbonyl (C=O) groups is 1. The van der Waals surface area contributed by atoms with E-state index >= 15 is 0 Å². The molecule has 0 N–H and O–H groups in total. The average Bonchev–Trinajstić information content (AvgIpc) is 2.37. The van der Waals surface area contributed by atoms with Crippen LogP contribution in [0.5, 0.6) is 0 Å². The van der Waals surface area contributed by atoms with Crippen molar-refractivity contribution in [1.82, 2.24) is 0 Å². The molecule has 0 aliphatic rings. The molecule has 18 heavy (non-hydrogen) atoms. The Hall–Kier alpha value is -2.17. The molecular weight excluding hydrogens is 248 g/mol. The SMILES string of the molecule is O=Cc1ccc(-c2c(F)c(F)cc(F)c2F)cc1. The van der Waals surface area contributed by atoms with Crippen LogP contribution in [0.2, 0.25) is 0 Å². The molecule has 92 valence electrons. The first kappa shape index (κ1) is 12.3. The highest BCUT2D eigenvalue weighted by molar-refractivity contribution is 5.77. The number of hydrogen-bond donors (Lipinski definition) is 0. The van der Waals surface area contributed by atoms with Crippen molar-refractivity contribution >= 4 is 6.29 Å². The number of hydrogen-bond acceptors (Lipinski definition) is 1. The van der Waals surface area contributed by atoms with Crippen molar-refractivity contribution < 1.29 is 22.4 Å². The summed E-state index contributed by atoms with van der Waals surface area (Å²) in [6.07, 6.45) is 0.544. The minimum atomic E-state index is -1.47. The van der Waals surface area contributed by atoms with Crippen LogP contribution < -0.4 is 0 Å². The van der Waals surface area contributed by atoms with Gasteiger partial charge in [0.25, 0.3) is 0 Å². The Kier molecular flexibility index (Phi) is 3.14. The summed E-state index contributed by atoms with van der Waals surface area (Å²) in [7, 11) is 0. The third-order valence-electron chi connectivity index (χ3n) is 2.45. The van der Waals surface area contributed by atoms with Crippen LogP contribution >= 0.6 is 0 Å². The molecule has 0 radical (unpaired) electrons. The van der Waals surface area contributed by atoms with Gasteiger partial charge in [0, 0.05) is 11.6 Å². The molecule has 2 aromatic carbocycles. The van der Waals surface area contributed by atoms with Crippen molar-refractivity contribution in [3.8, 4) is 11.1 Å². The molecule has 0 aliphatic heterocycles. The molecule has 0 fully saturated rings. The predicted octanol–water partition coefficient (Wildman–Crippen LogP) is 3.72.